The SMILES string of the molecule is O[C@H]1CCNC[C@H]1Cc1ccccc1F. The molecular formula is C12H16FNO. The molecule has 0 aliphatic carbocycles. The average Bonchev–Trinajstić information content (AvgIpc) is 2.24. The first kappa shape index (κ1) is 10.6. The second kappa shape index (κ2) is 4.73. The highest BCUT2D eigenvalue weighted by molar-refractivity contribution is 5.18. The lowest BCUT2D eigenvalue weighted by Gasteiger charge is -2.28. The molecule has 1 aliphatic rings. The lowest BCUT2D eigenvalue weighted by molar-refractivity contribution is 0.0787. The molecule has 0 spiro atoms. The van der Waals surface area contributed by atoms with Crippen molar-refractivity contribution in [3.8, 4) is 0 Å². The molecule has 1 fully saturated rings. The van der Waals surface area contributed by atoms with Crippen molar-refractivity contribution >= 4 is 0 Å². The Bertz CT molecular complexity index is 329. The smallest absolute Gasteiger partial charge is 0.126 e. The Morgan fingerprint density at radius 1 is 1.40 bits per heavy atom. The van der Waals surface area contributed by atoms with Crippen LogP contribution in [0.2, 0.25) is 0 Å². The van der Waals surface area contributed by atoms with E-state index in [2.05, 4.69) is 5.32 Å². The lowest BCUT2D eigenvalue weighted by Crippen LogP contribution is -2.40. The van der Waals surface area contributed by atoms with Gasteiger partial charge in [0.05, 0.1) is 6.10 Å². The third-order valence-electron chi connectivity index (χ3n) is 3.01. The molecule has 1 aromatic rings. The van der Waals surface area contributed by atoms with Crippen LogP contribution < -0.4 is 5.32 Å². The fourth-order valence-corrected chi connectivity index (χ4v) is 2.06. The van der Waals surface area contributed by atoms with Crippen molar-refractivity contribution < 1.29 is 9.50 Å². The highest BCUT2D eigenvalue weighted by Crippen LogP contribution is 2.18. The summed E-state index contributed by atoms with van der Waals surface area (Å²) in [5, 5.41) is 13.0. The van der Waals surface area contributed by atoms with Crippen molar-refractivity contribution in [1.82, 2.24) is 5.32 Å². The second-order valence-electron chi connectivity index (χ2n) is 4.12. The van der Waals surface area contributed by atoms with Gasteiger partial charge >= 0.3 is 0 Å². The van der Waals surface area contributed by atoms with Gasteiger partial charge in [-0.3, -0.25) is 0 Å². The standard InChI is InChI=1S/C12H16FNO/c13-11-4-2-1-3-9(11)7-10-8-14-6-5-12(10)15/h1-4,10,12,14-15H,5-8H2/t10-,12+/m1/s1. The Hall–Kier alpha value is -0.930. The van der Waals surface area contributed by atoms with Crippen LogP contribution in [-0.4, -0.2) is 24.3 Å². The Morgan fingerprint density at radius 3 is 2.93 bits per heavy atom. The van der Waals surface area contributed by atoms with E-state index in [4.69, 9.17) is 0 Å². The van der Waals surface area contributed by atoms with E-state index in [-0.39, 0.29) is 17.8 Å². The van der Waals surface area contributed by atoms with Crippen LogP contribution in [0, 0.1) is 11.7 Å². The summed E-state index contributed by atoms with van der Waals surface area (Å²) in [7, 11) is 0. The summed E-state index contributed by atoms with van der Waals surface area (Å²) >= 11 is 0. The topological polar surface area (TPSA) is 32.3 Å². The summed E-state index contributed by atoms with van der Waals surface area (Å²) in [6, 6.07) is 6.78. The predicted octanol–water partition coefficient (Wildman–Crippen LogP) is 1.34. The van der Waals surface area contributed by atoms with Gasteiger partial charge in [-0.15, -0.1) is 0 Å². The molecule has 0 aromatic heterocycles. The van der Waals surface area contributed by atoms with Crippen LogP contribution in [0.4, 0.5) is 4.39 Å². The van der Waals surface area contributed by atoms with Gasteiger partial charge in [-0.2, -0.15) is 0 Å². The van der Waals surface area contributed by atoms with E-state index in [1.54, 1.807) is 12.1 Å². The summed E-state index contributed by atoms with van der Waals surface area (Å²) < 4.78 is 13.4. The van der Waals surface area contributed by atoms with Crippen LogP contribution in [-0.2, 0) is 6.42 Å². The first-order chi connectivity index (χ1) is 7.27. The Morgan fingerprint density at radius 2 is 2.20 bits per heavy atom. The first-order valence-corrected chi connectivity index (χ1v) is 5.39. The fraction of sp³-hybridized carbons (Fsp3) is 0.500. The Kier molecular flexibility index (Phi) is 3.34. The molecule has 82 valence electrons. The summed E-state index contributed by atoms with van der Waals surface area (Å²) in [6.45, 7) is 1.63. The third kappa shape index (κ3) is 2.55. The van der Waals surface area contributed by atoms with E-state index in [9.17, 15) is 9.50 Å². The lowest BCUT2D eigenvalue weighted by atomic mass is 9.89. The highest BCUT2D eigenvalue weighted by atomic mass is 19.1. The van der Waals surface area contributed by atoms with Crippen molar-refractivity contribution in [1.29, 1.82) is 0 Å². The number of nitrogens with one attached hydrogen (secondary N) is 1. The molecule has 2 atom stereocenters. The maximum absolute atomic E-state index is 13.4. The van der Waals surface area contributed by atoms with Crippen molar-refractivity contribution in [2.45, 2.75) is 18.9 Å². The van der Waals surface area contributed by atoms with Crippen LogP contribution in [0.5, 0.6) is 0 Å². The van der Waals surface area contributed by atoms with Gasteiger partial charge in [-0.1, -0.05) is 18.2 Å². The maximum atomic E-state index is 13.4. The number of piperidine rings is 1. The minimum atomic E-state index is -0.300. The van der Waals surface area contributed by atoms with Gasteiger partial charge in [0, 0.05) is 12.5 Å². The van der Waals surface area contributed by atoms with Crippen LogP contribution in [0.25, 0.3) is 0 Å². The van der Waals surface area contributed by atoms with Crippen molar-refractivity contribution in [2.24, 2.45) is 5.92 Å². The largest absolute Gasteiger partial charge is 0.393 e. The van der Waals surface area contributed by atoms with Crippen LogP contribution in [0.3, 0.4) is 0 Å². The fourth-order valence-electron chi connectivity index (χ4n) is 2.06. The summed E-state index contributed by atoms with van der Waals surface area (Å²) in [4.78, 5) is 0. The van der Waals surface area contributed by atoms with Crippen molar-refractivity contribution in [3.05, 3.63) is 35.6 Å². The first-order valence-electron chi connectivity index (χ1n) is 5.39. The van der Waals surface area contributed by atoms with E-state index < -0.39 is 0 Å². The second-order valence-corrected chi connectivity index (χ2v) is 4.12. The average molecular weight is 209 g/mol. The van der Waals surface area contributed by atoms with Gasteiger partial charge in [0.1, 0.15) is 5.82 Å². The van der Waals surface area contributed by atoms with E-state index >= 15 is 0 Å². The van der Waals surface area contributed by atoms with Crippen molar-refractivity contribution in [2.75, 3.05) is 13.1 Å². The summed E-state index contributed by atoms with van der Waals surface area (Å²) in [6.07, 6.45) is 1.07. The molecule has 1 aliphatic heterocycles. The molecule has 1 heterocycles. The van der Waals surface area contributed by atoms with Crippen molar-refractivity contribution in [3.63, 3.8) is 0 Å². The Balaban J connectivity index is 2.04. The number of halogens is 1. The van der Waals surface area contributed by atoms with Crippen LogP contribution in [0.15, 0.2) is 24.3 Å². The molecule has 1 saturated heterocycles. The molecule has 2 rings (SSSR count). The van der Waals surface area contributed by atoms with E-state index in [0.29, 0.717) is 12.0 Å². The normalized spacial score (nSPS) is 26.5. The molecule has 2 nitrogen and oxygen atoms in total. The van der Waals surface area contributed by atoms with Gasteiger partial charge in [-0.05, 0) is 31.0 Å². The third-order valence-corrected chi connectivity index (χ3v) is 3.01. The van der Waals surface area contributed by atoms with E-state index in [1.807, 2.05) is 6.07 Å². The van der Waals surface area contributed by atoms with E-state index in [1.165, 1.54) is 6.07 Å². The predicted molar refractivity (Wildman–Crippen MR) is 57.1 cm³/mol. The van der Waals surface area contributed by atoms with Gasteiger partial charge in [-0.25, -0.2) is 4.39 Å². The van der Waals surface area contributed by atoms with Gasteiger partial charge in [0.15, 0.2) is 0 Å². The van der Waals surface area contributed by atoms with Crippen LogP contribution >= 0.6 is 0 Å². The monoisotopic (exact) mass is 209 g/mol. The minimum absolute atomic E-state index is 0.135. The number of aliphatic hydroxyl groups is 1. The minimum Gasteiger partial charge on any atom is -0.393 e. The number of benzene rings is 1. The van der Waals surface area contributed by atoms with Gasteiger partial charge in [0.25, 0.3) is 0 Å². The highest BCUT2D eigenvalue weighted by Gasteiger charge is 2.23. The molecule has 3 heteroatoms. The van der Waals surface area contributed by atoms with Gasteiger partial charge < -0.3 is 10.4 Å². The number of aliphatic hydroxyl groups excluding tert-OH is 1. The van der Waals surface area contributed by atoms with Gasteiger partial charge in [0.2, 0.25) is 0 Å². The quantitative estimate of drug-likeness (QED) is 0.770. The molecule has 1 aromatic carbocycles. The molecule has 0 unspecified atom stereocenters. The zero-order valence-electron chi connectivity index (χ0n) is 8.62. The summed E-state index contributed by atoms with van der Waals surface area (Å²) in [5.41, 5.74) is 0.699. The zero-order chi connectivity index (χ0) is 10.7. The zero-order valence-corrected chi connectivity index (χ0v) is 8.62. The maximum Gasteiger partial charge on any atom is 0.126 e. The molecule has 2 N–H and O–H groups in total. The molecule has 0 saturated carbocycles. The molecule has 15 heavy (non-hydrogen) atoms. The number of hydrogen-bond acceptors (Lipinski definition) is 2. The molecular weight excluding hydrogens is 193 g/mol. The molecule has 0 radical (unpaired) electrons. The molecule has 0 amide bonds. The summed E-state index contributed by atoms with van der Waals surface area (Å²) in [5.74, 6) is -0.0362. The molecule has 0 bridgehead atoms. The number of rotatable bonds is 2. The van der Waals surface area contributed by atoms with Crippen LogP contribution in [0.1, 0.15) is 12.0 Å². The number of hydrogen-bond donors (Lipinski definition) is 2. The Labute approximate surface area is 89.1 Å². The van der Waals surface area contributed by atoms with E-state index in [0.717, 1.165) is 19.5 Å².